The molecule has 0 saturated carbocycles. The number of anilines is 2. The molecule has 1 nitrogen and oxygen atoms in total. The van der Waals surface area contributed by atoms with Crippen LogP contribution in [0.1, 0.15) is 49.9 Å². The molecule has 2 heteroatoms. The summed E-state index contributed by atoms with van der Waals surface area (Å²) in [5.74, 6) is 0. The van der Waals surface area contributed by atoms with Crippen LogP contribution in [0, 0.1) is 0 Å². The van der Waals surface area contributed by atoms with Crippen LogP contribution in [0.5, 0.6) is 0 Å². The van der Waals surface area contributed by atoms with Crippen molar-refractivity contribution in [3.63, 3.8) is 0 Å². The monoisotopic (exact) mass is 773 g/mol. The number of nitrogens with zero attached hydrogens (tertiary/aromatic N) is 1. The van der Waals surface area contributed by atoms with Crippen molar-refractivity contribution in [2.24, 2.45) is 0 Å². The third-order valence-corrected chi connectivity index (χ3v) is 15.0. The van der Waals surface area contributed by atoms with Gasteiger partial charge in [0.25, 0.3) is 0 Å². The lowest BCUT2D eigenvalue weighted by Crippen LogP contribution is -2.14. The van der Waals surface area contributed by atoms with Crippen molar-refractivity contribution in [3.8, 4) is 55.6 Å². The second-order valence-corrected chi connectivity index (χ2v) is 18.8. The zero-order valence-corrected chi connectivity index (χ0v) is 34.8. The van der Waals surface area contributed by atoms with Gasteiger partial charge in [-0.2, -0.15) is 0 Å². The van der Waals surface area contributed by atoms with Crippen LogP contribution in [-0.2, 0) is 10.8 Å². The molecule has 282 valence electrons. The topological polar surface area (TPSA) is 3.24 Å². The second-order valence-electron chi connectivity index (χ2n) is 17.7. The summed E-state index contributed by atoms with van der Waals surface area (Å²) < 4.78 is 0. The first-order valence-electron chi connectivity index (χ1n) is 20.8. The molecule has 1 heterocycles. The van der Waals surface area contributed by atoms with Crippen LogP contribution >= 0.6 is 11.8 Å². The van der Waals surface area contributed by atoms with Gasteiger partial charge in [-0.1, -0.05) is 173 Å². The molecule has 0 N–H and O–H groups in total. The highest BCUT2D eigenvalue weighted by Crippen LogP contribution is 2.56. The van der Waals surface area contributed by atoms with Crippen molar-refractivity contribution in [3.05, 3.63) is 192 Å². The zero-order chi connectivity index (χ0) is 39.8. The van der Waals surface area contributed by atoms with E-state index in [2.05, 4.69) is 210 Å². The van der Waals surface area contributed by atoms with Gasteiger partial charge in [0, 0.05) is 27.7 Å². The lowest BCUT2D eigenvalue weighted by Gasteiger charge is -2.30. The fourth-order valence-electron chi connectivity index (χ4n) is 10.9. The van der Waals surface area contributed by atoms with E-state index < -0.39 is 0 Å². The molecular weight excluding hydrogens is 731 g/mol. The molecular formula is C57H43NS. The number of hydrogen-bond acceptors (Lipinski definition) is 2. The van der Waals surface area contributed by atoms with Crippen LogP contribution < -0.4 is 4.90 Å². The molecule has 1 aliphatic heterocycles. The van der Waals surface area contributed by atoms with Crippen molar-refractivity contribution in [2.45, 2.75) is 48.3 Å². The van der Waals surface area contributed by atoms with Gasteiger partial charge < -0.3 is 4.90 Å². The number of para-hydroxylation sites is 1. The highest BCUT2D eigenvalue weighted by Gasteiger charge is 2.38. The normalized spacial score (nSPS) is 15.0. The van der Waals surface area contributed by atoms with Crippen molar-refractivity contribution in [1.82, 2.24) is 0 Å². The van der Waals surface area contributed by atoms with Gasteiger partial charge in [0.2, 0.25) is 0 Å². The average molecular weight is 774 g/mol. The van der Waals surface area contributed by atoms with Gasteiger partial charge in [0.15, 0.2) is 0 Å². The second kappa shape index (κ2) is 12.3. The van der Waals surface area contributed by atoms with Gasteiger partial charge in [-0.15, -0.1) is 0 Å². The Morgan fingerprint density at radius 2 is 0.915 bits per heavy atom. The van der Waals surface area contributed by atoms with Gasteiger partial charge in [0.05, 0.1) is 11.4 Å². The molecule has 0 spiro atoms. The van der Waals surface area contributed by atoms with E-state index in [-0.39, 0.29) is 10.8 Å². The smallest absolute Gasteiger partial charge is 0.0556 e. The van der Waals surface area contributed by atoms with E-state index >= 15 is 0 Å². The summed E-state index contributed by atoms with van der Waals surface area (Å²) >= 11 is 1.86. The zero-order valence-electron chi connectivity index (χ0n) is 34.0. The Morgan fingerprint density at radius 3 is 1.75 bits per heavy atom. The summed E-state index contributed by atoms with van der Waals surface area (Å²) in [6, 6.07) is 64.4. The van der Waals surface area contributed by atoms with E-state index in [4.69, 9.17) is 0 Å². The molecule has 59 heavy (non-hydrogen) atoms. The van der Waals surface area contributed by atoms with Gasteiger partial charge >= 0.3 is 0 Å². The van der Waals surface area contributed by atoms with Gasteiger partial charge in [-0.25, -0.2) is 0 Å². The first-order chi connectivity index (χ1) is 28.7. The standard InChI is InChI=1S/C57H43NS/c1-56(2)46-21-11-9-18-42(46)55-43(19-14-22-47(55)56)54-40-17-7-6-16-39(40)53(36-27-30-52-50(33-36)58(5)49-23-12-13-24-51(49)59-52)41-29-26-34(31-44(41)54)35-25-28-38-37-15-8-10-20-45(37)57(3,4)48(38)32-35/h6-33H,1-5H3. The third-order valence-electron chi connectivity index (χ3n) is 13.9. The molecule has 0 saturated heterocycles. The minimum Gasteiger partial charge on any atom is -0.343 e. The Balaban J connectivity index is 1.15. The maximum absolute atomic E-state index is 2.50. The van der Waals surface area contributed by atoms with E-state index in [1.54, 1.807) is 0 Å². The van der Waals surface area contributed by atoms with Crippen LogP contribution in [0.2, 0.25) is 0 Å². The molecule has 9 aromatic carbocycles. The lowest BCUT2D eigenvalue weighted by molar-refractivity contribution is 0.660. The third kappa shape index (κ3) is 4.81. The van der Waals surface area contributed by atoms with Crippen LogP contribution in [0.3, 0.4) is 0 Å². The first-order valence-corrected chi connectivity index (χ1v) is 21.6. The minimum atomic E-state index is -0.0980. The van der Waals surface area contributed by atoms with E-state index in [1.807, 2.05) is 11.8 Å². The molecule has 12 rings (SSSR count). The molecule has 0 atom stereocenters. The lowest BCUT2D eigenvalue weighted by atomic mass is 9.80. The summed E-state index contributed by atoms with van der Waals surface area (Å²) in [5.41, 5.74) is 20.9. The molecule has 0 bridgehead atoms. The predicted octanol–water partition coefficient (Wildman–Crippen LogP) is 15.8. The maximum Gasteiger partial charge on any atom is 0.0556 e. The summed E-state index contributed by atoms with van der Waals surface area (Å²) in [6.45, 7) is 9.52. The van der Waals surface area contributed by atoms with Gasteiger partial charge in [-0.05, 0) is 136 Å². The number of benzene rings is 9. The van der Waals surface area contributed by atoms with E-state index in [0.717, 1.165) is 0 Å². The molecule has 0 fully saturated rings. The Bertz CT molecular complexity index is 3270. The van der Waals surface area contributed by atoms with Crippen LogP contribution in [0.15, 0.2) is 180 Å². The molecule has 0 aromatic heterocycles. The minimum absolute atomic E-state index is 0.0729. The summed E-state index contributed by atoms with van der Waals surface area (Å²) in [6.07, 6.45) is 0. The van der Waals surface area contributed by atoms with Crippen molar-refractivity contribution >= 4 is 44.7 Å². The maximum atomic E-state index is 2.50. The molecule has 0 unspecified atom stereocenters. The Hall–Kier alpha value is -6.35. The summed E-state index contributed by atoms with van der Waals surface area (Å²) in [4.78, 5) is 4.94. The van der Waals surface area contributed by atoms with Gasteiger partial charge in [0.1, 0.15) is 0 Å². The average Bonchev–Trinajstić information content (AvgIpc) is 3.65. The fourth-order valence-corrected chi connectivity index (χ4v) is 12.0. The fraction of sp³-hybridized carbons (Fsp3) is 0.123. The van der Waals surface area contributed by atoms with Crippen LogP contribution in [-0.4, -0.2) is 7.05 Å². The van der Waals surface area contributed by atoms with Crippen LogP contribution in [0.25, 0.3) is 77.2 Å². The van der Waals surface area contributed by atoms with Crippen LogP contribution in [0.4, 0.5) is 11.4 Å². The van der Waals surface area contributed by atoms with Crippen molar-refractivity contribution in [2.75, 3.05) is 11.9 Å². The van der Waals surface area contributed by atoms with E-state index in [9.17, 15) is 0 Å². The molecule has 0 radical (unpaired) electrons. The Kier molecular flexibility index (Phi) is 7.25. The number of rotatable bonds is 3. The number of fused-ring (bicyclic) bond motifs is 10. The summed E-state index contributed by atoms with van der Waals surface area (Å²) in [5, 5.41) is 5.10. The Labute approximate surface area is 351 Å². The molecule has 3 aliphatic rings. The van der Waals surface area contributed by atoms with Gasteiger partial charge in [-0.3, -0.25) is 0 Å². The quantitative estimate of drug-likeness (QED) is 0.165. The predicted molar refractivity (Wildman–Crippen MR) is 252 cm³/mol. The Morgan fingerprint density at radius 1 is 0.356 bits per heavy atom. The SMILES string of the molecule is CN1c2ccccc2Sc2ccc(-c3c4ccccc4c(-c4cccc5c4-c4ccccc4C5(C)C)c4cc(-c5ccc6c(c5)C(C)(C)c5ccccc5-6)ccc34)cc21. The number of hydrogen-bond donors (Lipinski definition) is 0. The van der Waals surface area contributed by atoms with E-state index in [1.165, 1.54) is 121 Å². The molecule has 9 aromatic rings. The highest BCUT2D eigenvalue weighted by atomic mass is 32.2. The van der Waals surface area contributed by atoms with Crippen molar-refractivity contribution < 1.29 is 0 Å². The molecule has 0 amide bonds. The summed E-state index contributed by atoms with van der Waals surface area (Å²) in [7, 11) is 2.21. The van der Waals surface area contributed by atoms with Crippen molar-refractivity contribution in [1.29, 1.82) is 0 Å². The largest absolute Gasteiger partial charge is 0.343 e. The molecule has 2 aliphatic carbocycles. The highest BCUT2D eigenvalue weighted by molar-refractivity contribution is 7.99. The first kappa shape index (κ1) is 34.7. The van der Waals surface area contributed by atoms with E-state index in [0.29, 0.717) is 0 Å².